The third-order valence-corrected chi connectivity index (χ3v) is 8.21. The number of hydrogen-bond acceptors (Lipinski definition) is 0. The lowest BCUT2D eigenvalue weighted by Crippen LogP contribution is -2.24. The summed E-state index contributed by atoms with van der Waals surface area (Å²) in [6, 6.07) is 0. The highest BCUT2D eigenvalue weighted by atomic mass is 19.2. The minimum absolute atomic E-state index is 0.402. The molecule has 1 fully saturated rings. The number of halogens is 12. The molecule has 1 aliphatic rings. The zero-order valence-corrected chi connectivity index (χ0v) is 23.4. The maximum absolute atomic E-state index is 15.2. The molecule has 4 rings (SSSR count). The lowest BCUT2D eigenvalue weighted by molar-refractivity contribution is 0.382. The molecule has 0 heterocycles. The Hall–Kier alpha value is -3.70. The lowest BCUT2D eigenvalue weighted by Gasteiger charge is -2.26. The van der Waals surface area contributed by atoms with Crippen LogP contribution in [0.4, 0.5) is 52.7 Å². The quantitative estimate of drug-likeness (QED) is 0.202. The summed E-state index contributed by atoms with van der Waals surface area (Å²) in [5.74, 6) is -21.8. The van der Waals surface area contributed by atoms with Gasteiger partial charge in [0, 0.05) is 27.7 Å². The molecule has 1 atom stereocenters. The zero-order chi connectivity index (χ0) is 32.6. The first kappa shape index (κ1) is 32.2. The molecule has 0 aliphatic heterocycles. The number of rotatable bonds is 3. The van der Waals surface area contributed by atoms with Gasteiger partial charge in [-0.1, -0.05) is 6.92 Å². The van der Waals surface area contributed by atoms with Crippen LogP contribution in [0.2, 0.25) is 0 Å². The molecule has 0 saturated heterocycles. The van der Waals surface area contributed by atoms with Gasteiger partial charge in [-0.2, -0.15) is 0 Å². The molecule has 12 heteroatoms. The van der Waals surface area contributed by atoms with E-state index in [1.807, 2.05) is 0 Å². The second-order valence-electron chi connectivity index (χ2n) is 10.9. The van der Waals surface area contributed by atoms with Gasteiger partial charge in [0.2, 0.25) is 0 Å². The van der Waals surface area contributed by atoms with Crippen molar-refractivity contribution in [2.45, 2.75) is 59.8 Å². The molecular weight excluding hydrogens is 600 g/mol. The van der Waals surface area contributed by atoms with Crippen molar-refractivity contribution in [3.63, 3.8) is 0 Å². The van der Waals surface area contributed by atoms with E-state index < -0.39 is 144 Å². The Labute approximate surface area is 238 Å². The molecule has 1 unspecified atom stereocenters. The highest BCUT2D eigenvalue weighted by Gasteiger charge is 2.45. The summed E-state index contributed by atoms with van der Waals surface area (Å²) in [4.78, 5) is 0. The van der Waals surface area contributed by atoms with Crippen LogP contribution < -0.4 is 0 Å². The molecule has 1 saturated carbocycles. The van der Waals surface area contributed by atoms with Gasteiger partial charge in [0.05, 0.1) is 11.1 Å². The zero-order valence-electron chi connectivity index (χ0n) is 23.4. The Balaban J connectivity index is 2.17. The summed E-state index contributed by atoms with van der Waals surface area (Å²) in [7, 11) is 0. The number of hydrogen-bond donors (Lipinski definition) is 0. The topological polar surface area (TPSA) is 0 Å². The second kappa shape index (κ2) is 10.8. The SMILES string of the molecule is C/C(=C1\CC(C)(c2c(F)c(F)c(C)c(F)c2F)C\C1=C(\C)c1c(F)c(F)c(C)c(F)c1F)c1c(F)c(F)c(C)c(F)c1F. The van der Waals surface area contributed by atoms with Gasteiger partial charge in [-0.3, -0.25) is 0 Å². The van der Waals surface area contributed by atoms with Gasteiger partial charge in [-0.15, -0.1) is 0 Å². The molecule has 1 aliphatic carbocycles. The van der Waals surface area contributed by atoms with Gasteiger partial charge in [-0.05, 0) is 69.8 Å². The summed E-state index contributed by atoms with van der Waals surface area (Å²) < 4.78 is 178. The lowest BCUT2D eigenvalue weighted by atomic mass is 9.78. The first-order chi connectivity index (χ1) is 19.8. The Morgan fingerprint density at radius 3 is 0.907 bits per heavy atom. The van der Waals surface area contributed by atoms with Gasteiger partial charge in [0.1, 0.15) is 0 Å². The van der Waals surface area contributed by atoms with Crippen LogP contribution >= 0.6 is 0 Å². The van der Waals surface area contributed by atoms with Crippen molar-refractivity contribution in [3.8, 4) is 0 Å². The van der Waals surface area contributed by atoms with Gasteiger partial charge >= 0.3 is 0 Å². The summed E-state index contributed by atoms with van der Waals surface area (Å²) in [6.45, 7) is 5.22. The van der Waals surface area contributed by atoms with Crippen molar-refractivity contribution in [1.82, 2.24) is 0 Å². The molecule has 3 aromatic carbocycles. The fraction of sp³-hybridized carbons (Fsp3) is 0.290. The maximum atomic E-state index is 15.2. The Morgan fingerprint density at radius 2 is 0.651 bits per heavy atom. The molecule has 0 radical (unpaired) electrons. The van der Waals surface area contributed by atoms with E-state index in [1.165, 1.54) is 0 Å². The highest BCUT2D eigenvalue weighted by molar-refractivity contribution is 5.82. The van der Waals surface area contributed by atoms with Crippen LogP contribution in [0.15, 0.2) is 11.1 Å². The Bertz CT molecular complexity index is 1620. The number of allylic oxidation sites excluding steroid dienone is 4. The monoisotopic (exact) mass is 622 g/mol. The summed E-state index contributed by atoms with van der Waals surface area (Å²) in [6.07, 6.45) is -1.51. The van der Waals surface area contributed by atoms with E-state index in [2.05, 4.69) is 0 Å². The van der Waals surface area contributed by atoms with Crippen LogP contribution in [-0.4, -0.2) is 0 Å². The molecule has 0 nitrogen and oxygen atoms in total. The van der Waals surface area contributed by atoms with E-state index in [1.54, 1.807) is 0 Å². The molecule has 230 valence electrons. The van der Waals surface area contributed by atoms with E-state index in [0.717, 1.165) is 41.5 Å². The van der Waals surface area contributed by atoms with Crippen molar-refractivity contribution >= 4 is 11.1 Å². The molecule has 0 amide bonds. The normalized spacial score (nSPS) is 19.4. The molecule has 0 bridgehead atoms. The van der Waals surface area contributed by atoms with E-state index in [-0.39, 0.29) is 0 Å². The van der Waals surface area contributed by atoms with Crippen LogP contribution in [0, 0.1) is 90.6 Å². The van der Waals surface area contributed by atoms with Gasteiger partial charge in [-0.25, -0.2) is 52.7 Å². The van der Waals surface area contributed by atoms with Crippen molar-refractivity contribution < 1.29 is 52.7 Å². The predicted octanol–water partition coefficient (Wildman–Crippen LogP) is 10.3. The fourth-order valence-electron chi connectivity index (χ4n) is 5.67. The summed E-state index contributed by atoms with van der Waals surface area (Å²) in [5.41, 5.74) is -10.9. The maximum Gasteiger partial charge on any atom is 0.169 e. The molecule has 0 aromatic heterocycles. The first-order valence-corrected chi connectivity index (χ1v) is 12.7. The smallest absolute Gasteiger partial charge is 0.169 e. The number of benzene rings is 3. The highest BCUT2D eigenvalue weighted by Crippen LogP contribution is 2.54. The second-order valence-corrected chi connectivity index (χ2v) is 10.9. The third kappa shape index (κ3) is 4.64. The van der Waals surface area contributed by atoms with Crippen LogP contribution in [0.3, 0.4) is 0 Å². The molecule has 0 N–H and O–H groups in total. The van der Waals surface area contributed by atoms with Crippen LogP contribution in [0.5, 0.6) is 0 Å². The van der Waals surface area contributed by atoms with E-state index in [0.29, 0.717) is 0 Å². The van der Waals surface area contributed by atoms with Crippen LogP contribution in [-0.2, 0) is 5.41 Å². The van der Waals surface area contributed by atoms with Gasteiger partial charge in [0.15, 0.2) is 69.8 Å². The Kier molecular flexibility index (Phi) is 8.08. The minimum atomic E-state index is -2.06. The average Bonchev–Trinajstić information content (AvgIpc) is 3.33. The molecule has 3 aromatic rings. The minimum Gasteiger partial charge on any atom is -0.203 e. The van der Waals surface area contributed by atoms with E-state index >= 15 is 26.3 Å². The largest absolute Gasteiger partial charge is 0.203 e. The molecular formula is C31H22F12. The van der Waals surface area contributed by atoms with Crippen molar-refractivity contribution in [3.05, 3.63) is 114 Å². The predicted molar refractivity (Wildman–Crippen MR) is 135 cm³/mol. The van der Waals surface area contributed by atoms with Crippen LogP contribution in [0.1, 0.15) is 67.0 Å². The van der Waals surface area contributed by atoms with Gasteiger partial charge in [0.25, 0.3) is 0 Å². The van der Waals surface area contributed by atoms with Crippen molar-refractivity contribution in [1.29, 1.82) is 0 Å². The fourth-order valence-corrected chi connectivity index (χ4v) is 5.67. The Morgan fingerprint density at radius 1 is 0.419 bits per heavy atom. The van der Waals surface area contributed by atoms with Crippen LogP contribution in [0.25, 0.3) is 11.1 Å². The van der Waals surface area contributed by atoms with E-state index in [4.69, 9.17) is 0 Å². The van der Waals surface area contributed by atoms with Crippen molar-refractivity contribution in [2.24, 2.45) is 0 Å². The first-order valence-electron chi connectivity index (χ1n) is 12.7. The van der Waals surface area contributed by atoms with Crippen molar-refractivity contribution in [2.75, 3.05) is 0 Å². The summed E-state index contributed by atoms with van der Waals surface area (Å²) >= 11 is 0. The standard InChI is InChI=1S/C31H22F12/c1-9(16-25(38)19(32)11(3)20(33)26(16)39)14-7-31(6,18-29(42)23(36)13(5)24(37)30(18)43)8-15(14)10(2)17-27(40)21(34)12(4)22(35)28(17)41/h7-8H2,1-6H3/b14-9-,15-10+. The third-order valence-electron chi connectivity index (χ3n) is 8.21. The van der Waals surface area contributed by atoms with E-state index in [9.17, 15) is 26.3 Å². The molecule has 0 spiro atoms. The average molecular weight is 622 g/mol. The van der Waals surface area contributed by atoms with Gasteiger partial charge < -0.3 is 0 Å². The summed E-state index contributed by atoms with van der Waals surface area (Å²) in [5, 5.41) is 0. The molecule has 43 heavy (non-hydrogen) atoms.